The molecule has 2 fully saturated rings. The average Bonchev–Trinajstić information content (AvgIpc) is 3.12. The Morgan fingerprint density at radius 1 is 1.33 bits per heavy atom. The number of rotatable bonds is 3. The Labute approximate surface area is 115 Å². The molecule has 0 bridgehead atoms. The van der Waals surface area contributed by atoms with E-state index >= 15 is 0 Å². The van der Waals surface area contributed by atoms with Crippen LogP contribution < -0.4 is 5.73 Å². The van der Waals surface area contributed by atoms with Gasteiger partial charge in [-0.25, -0.2) is 4.39 Å². The van der Waals surface area contributed by atoms with Crippen LogP contribution in [0.25, 0.3) is 0 Å². The average molecular weight is 313 g/mol. The van der Waals surface area contributed by atoms with Crippen LogP contribution in [-0.4, -0.2) is 24.0 Å². The molecule has 2 N–H and O–H groups in total. The predicted octanol–water partition coefficient (Wildman–Crippen LogP) is 3.07. The number of halogens is 2. The number of benzene rings is 1. The SMILES string of the molecule is NCC1CCN(C2CC2)C1c1ccc(F)c(Br)c1. The minimum Gasteiger partial charge on any atom is -0.330 e. The van der Waals surface area contributed by atoms with Crippen LogP contribution in [0, 0.1) is 11.7 Å². The highest BCUT2D eigenvalue weighted by Gasteiger charge is 2.42. The van der Waals surface area contributed by atoms with E-state index in [0.29, 0.717) is 23.0 Å². The Balaban J connectivity index is 1.92. The minimum absolute atomic E-state index is 0.195. The van der Waals surface area contributed by atoms with Crippen molar-refractivity contribution in [1.82, 2.24) is 4.90 Å². The van der Waals surface area contributed by atoms with E-state index in [4.69, 9.17) is 5.73 Å². The Hall–Kier alpha value is -0.450. The summed E-state index contributed by atoms with van der Waals surface area (Å²) in [4.78, 5) is 2.57. The molecule has 1 saturated carbocycles. The van der Waals surface area contributed by atoms with E-state index < -0.39 is 0 Å². The number of likely N-dealkylation sites (tertiary alicyclic amines) is 1. The van der Waals surface area contributed by atoms with Crippen molar-refractivity contribution in [1.29, 1.82) is 0 Å². The number of nitrogens with two attached hydrogens (primary N) is 1. The summed E-state index contributed by atoms with van der Waals surface area (Å²) in [5.74, 6) is 0.307. The summed E-state index contributed by atoms with van der Waals surface area (Å²) >= 11 is 3.28. The Bertz CT molecular complexity index is 447. The Morgan fingerprint density at radius 2 is 2.11 bits per heavy atom. The van der Waals surface area contributed by atoms with Gasteiger partial charge in [0.1, 0.15) is 5.82 Å². The second-order valence-electron chi connectivity index (χ2n) is 5.37. The van der Waals surface area contributed by atoms with Crippen LogP contribution in [0.4, 0.5) is 4.39 Å². The molecule has 1 aliphatic carbocycles. The van der Waals surface area contributed by atoms with Gasteiger partial charge < -0.3 is 5.73 Å². The molecule has 98 valence electrons. The van der Waals surface area contributed by atoms with E-state index in [1.165, 1.54) is 18.4 Å². The molecule has 0 aromatic heterocycles. The van der Waals surface area contributed by atoms with E-state index in [0.717, 1.165) is 19.0 Å². The van der Waals surface area contributed by atoms with Gasteiger partial charge in [-0.2, -0.15) is 0 Å². The lowest BCUT2D eigenvalue weighted by molar-refractivity contribution is 0.220. The summed E-state index contributed by atoms with van der Waals surface area (Å²) in [6.45, 7) is 1.84. The summed E-state index contributed by atoms with van der Waals surface area (Å²) < 4.78 is 13.9. The molecular formula is C14H18BrFN2. The molecule has 1 heterocycles. The fraction of sp³-hybridized carbons (Fsp3) is 0.571. The van der Waals surface area contributed by atoms with Gasteiger partial charge in [-0.15, -0.1) is 0 Å². The highest BCUT2D eigenvalue weighted by Crippen LogP contribution is 2.44. The molecule has 0 radical (unpaired) electrons. The zero-order chi connectivity index (χ0) is 12.7. The van der Waals surface area contributed by atoms with Gasteiger partial charge in [0.05, 0.1) is 4.47 Å². The fourth-order valence-electron chi connectivity index (χ4n) is 3.11. The fourth-order valence-corrected chi connectivity index (χ4v) is 3.50. The van der Waals surface area contributed by atoms with Crippen LogP contribution in [0.3, 0.4) is 0 Å². The third kappa shape index (κ3) is 2.22. The van der Waals surface area contributed by atoms with Crippen LogP contribution in [0.1, 0.15) is 30.9 Å². The van der Waals surface area contributed by atoms with E-state index in [2.05, 4.69) is 20.8 Å². The van der Waals surface area contributed by atoms with Gasteiger partial charge in [0, 0.05) is 12.1 Å². The summed E-state index contributed by atoms with van der Waals surface area (Å²) in [6.07, 6.45) is 3.76. The van der Waals surface area contributed by atoms with Gasteiger partial charge in [0.15, 0.2) is 0 Å². The molecule has 1 saturated heterocycles. The summed E-state index contributed by atoms with van der Waals surface area (Å²) in [6, 6.07) is 6.49. The van der Waals surface area contributed by atoms with Crippen molar-refractivity contribution in [2.75, 3.05) is 13.1 Å². The largest absolute Gasteiger partial charge is 0.330 e. The predicted molar refractivity (Wildman–Crippen MR) is 73.7 cm³/mol. The highest BCUT2D eigenvalue weighted by molar-refractivity contribution is 9.10. The van der Waals surface area contributed by atoms with Crippen LogP contribution in [0.5, 0.6) is 0 Å². The lowest BCUT2D eigenvalue weighted by Gasteiger charge is -2.28. The minimum atomic E-state index is -0.195. The number of hydrogen-bond donors (Lipinski definition) is 1. The second kappa shape index (κ2) is 4.91. The molecule has 1 aliphatic heterocycles. The van der Waals surface area contributed by atoms with Crippen molar-refractivity contribution < 1.29 is 4.39 Å². The molecule has 1 aromatic carbocycles. The standard InChI is InChI=1S/C14H18BrFN2/c15-12-7-9(1-4-13(12)16)14-10(8-17)5-6-18(14)11-2-3-11/h1,4,7,10-11,14H,2-3,5-6,8,17H2. The number of hydrogen-bond acceptors (Lipinski definition) is 2. The van der Waals surface area contributed by atoms with Crippen LogP contribution in [-0.2, 0) is 0 Å². The highest BCUT2D eigenvalue weighted by atomic mass is 79.9. The van der Waals surface area contributed by atoms with Crippen LogP contribution in [0.2, 0.25) is 0 Å². The van der Waals surface area contributed by atoms with Gasteiger partial charge in [-0.3, -0.25) is 4.90 Å². The van der Waals surface area contributed by atoms with Gasteiger partial charge >= 0.3 is 0 Å². The molecule has 0 amide bonds. The summed E-state index contributed by atoms with van der Waals surface area (Å²) in [5, 5.41) is 0. The van der Waals surface area contributed by atoms with Crippen molar-refractivity contribution in [2.24, 2.45) is 11.7 Å². The molecule has 2 unspecified atom stereocenters. The van der Waals surface area contributed by atoms with Crippen molar-refractivity contribution in [3.8, 4) is 0 Å². The number of nitrogens with zero attached hydrogens (tertiary/aromatic N) is 1. The molecule has 0 spiro atoms. The maximum Gasteiger partial charge on any atom is 0.137 e. The first kappa shape index (κ1) is 12.6. The van der Waals surface area contributed by atoms with Crippen LogP contribution in [0.15, 0.2) is 22.7 Å². The van der Waals surface area contributed by atoms with Crippen molar-refractivity contribution in [2.45, 2.75) is 31.3 Å². The first-order valence-electron chi connectivity index (χ1n) is 6.61. The lowest BCUT2D eigenvalue weighted by Crippen LogP contribution is -2.29. The topological polar surface area (TPSA) is 29.3 Å². The molecule has 1 aromatic rings. The Morgan fingerprint density at radius 3 is 2.72 bits per heavy atom. The molecule has 3 rings (SSSR count). The lowest BCUT2D eigenvalue weighted by atomic mass is 9.93. The third-order valence-corrected chi connectivity index (χ3v) is 4.77. The smallest absolute Gasteiger partial charge is 0.137 e. The van der Waals surface area contributed by atoms with Crippen molar-refractivity contribution >= 4 is 15.9 Å². The molecule has 18 heavy (non-hydrogen) atoms. The Kier molecular flexibility index (Phi) is 3.43. The van der Waals surface area contributed by atoms with Crippen molar-refractivity contribution in [3.63, 3.8) is 0 Å². The molecule has 2 aliphatic rings. The molecule has 2 atom stereocenters. The zero-order valence-electron chi connectivity index (χ0n) is 10.3. The quantitative estimate of drug-likeness (QED) is 0.929. The molecule has 2 nitrogen and oxygen atoms in total. The van der Waals surface area contributed by atoms with Gasteiger partial charge in [0.25, 0.3) is 0 Å². The van der Waals surface area contributed by atoms with Gasteiger partial charge in [-0.1, -0.05) is 6.07 Å². The summed E-state index contributed by atoms with van der Waals surface area (Å²) in [5.41, 5.74) is 7.10. The first-order valence-corrected chi connectivity index (χ1v) is 7.40. The second-order valence-corrected chi connectivity index (χ2v) is 6.23. The monoisotopic (exact) mass is 312 g/mol. The van der Waals surface area contributed by atoms with E-state index in [-0.39, 0.29) is 5.82 Å². The maximum atomic E-state index is 13.3. The third-order valence-electron chi connectivity index (χ3n) is 4.17. The first-order chi connectivity index (χ1) is 8.70. The van der Waals surface area contributed by atoms with Crippen molar-refractivity contribution in [3.05, 3.63) is 34.1 Å². The van der Waals surface area contributed by atoms with E-state index in [1.54, 1.807) is 6.07 Å². The van der Waals surface area contributed by atoms with E-state index in [1.807, 2.05) is 12.1 Å². The van der Waals surface area contributed by atoms with Gasteiger partial charge in [-0.05, 0) is 71.9 Å². The van der Waals surface area contributed by atoms with Gasteiger partial charge in [0.2, 0.25) is 0 Å². The molecular weight excluding hydrogens is 295 g/mol. The molecule has 4 heteroatoms. The van der Waals surface area contributed by atoms with Crippen LogP contribution >= 0.6 is 15.9 Å². The summed E-state index contributed by atoms with van der Waals surface area (Å²) in [7, 11) is 0. The normalized spacial score (nSPS) is 28.8. The maximum absolute atomic E-state index is 13.3. The van der Waals surface area contributed by atoms with E-state index in [9.17, 15) is 4.39 Å². The zero-order valence-corrected chi connectivity index (χ0v) is 11.9.